The summed E-state index contributed by atoms with van der Waals surface area (Å²) >= 11 is 0.920. The van der Waals surface area contributed by atoms with Crippen LogP contribution >= 0.6 is 11.8 Å². The third kappa shape index (κ3) is 4.09. The van der Waals surface area contributed by atoms with Crippen molar-refractivity contribution in [2.75, 3.05) is 21.3 Å². The number of methoxy groups -OCH3 is 3. The van der Waals surface area contributed by atoms with Gasteiger partial charge in [-0.25, -0.2) is 0 Å². The van der Waals surface area contributed by atoms with Crippen LogP contribution in [0.1, 0.15) is 11.1 Å². The first-order valence-electron chi connectivity index (χ1n) is 8.16. The van der Waals surface area contributed by atoms with Crippen molar-refractivity contribution in [2.45, 2.75) is 6.54 Å². The molecule has 140 valence electrons. The van der Waals surface area contributed by atoms with Gasteiger partial charge in [0.2, 0.25) is 0 Å². The Morgan fingerprint density at radius 2 is 1.59 bits per heavy atom. The smallest absolute Gasteiger partial charge is 0.293 e. The van der Waals surface area contributed by atoms with Crippen LogP contribution in [-0.4, -0.2) is 37.4 Å². The van der Waals surface area contributed by atoms with Gasteiger partial charge < -0.3 is 14.2 Å². The first-order chi connectivity index (χ1) is 13.0. The first-order valence-corrected chi connectivity index (χ1v) is 8.97. The molecule has 0 aliphatic carbocycles. The number of benzene rings is 2. The molecule has 2 aromatic carbocycles. The summed E-state index contributed by atoms with van der Waals surface area (Å²) in [6.07, 6.45) is 1.66. The lowest BCUT2D eigenvalue weighted by atomic mass is 10.1. The molecule has 0 bridgehead atoms. The highest BCUT2D eigenvalue weighted by molar-refractivity contribution is 8.18. The van der Waals surface area contributed by atoms with Crippen LogP contribution in [-0.2, 0) is 11.3 Å². The number of hydrogen-bond donors (Lipinski definition) is 0. The van der Waals surface area contributed by atoms with Gasteiger partial charge in [-0.15, -0.1) is 0 Å². The maximum absolute atomic E-state index is 12.7. The summed E-state index contributed by atoms with van der Waals surface area (Å²) in [5, 5.41) is -0.297. The van der Waals surface area contributed by atoms with Crippen molar-refractivity contribution >= 4 is 29.0 Å². The van der Waals surface area contributed by atoms with Crippen LogP contribution in [0.3, 0.4) is 0 Å². The van der Waals surface area contributed by atoms with Crippen molar-refractivity contribution in [3.05, 3.63) is 58.5 Å². The van der Waals surface area contributed by atoms with E-state index in [1.54, 1.807) is 57.7 Å². The SMILES string of the molecule is COc1ccc(CN2C(=O)SC(=Cc3ccc(OC)cc3OC)C2=O)cc1. The van der Waals surface area contributed by atoms with Crippen molar-refractivity contribution < 1.29 is 23.8 Å². The second-order valence-electron chi connectivity index (χ2n) is 5.72. The minimum Gasteiger partial charge on any atom is -0.497 e. The van der Waals surface area contributed by atoms with Crippen LogP contribution in [0.2, 0.25) is 0 Å². The molecule has 7 heteroatoms. The van der Waals surface area contributed by atoms with Gasteiger partial charge in [-0.3, -0.25) is 14.5 Å². The van der Waals surface area contributed by atoms with E-state index in [1.807, 2.05) is 12.1 Å². The molecule has 0 unspecified atom stereocenters. The Morgan fingerprint density at radius 1 is 0.926 bits per heavy atom. The van der Waals surface area contributed by atoms with Gasteiger partial charge in [-0.2, -0.15) is 0 Å². The molecule has 3 rings (SSSR count). The van der Waals surface area contributed by atoms with Gasteiger partial charge in [-0.1, -0.05) is 12.1 Å². The number of rotatable bonds is 6. The summed E-state index contributed by atoms with van der Waals surface area (Å²) in [5.74, 6) is 1.62. The lowest BCUT2D eigenvalue weighted by molar-refractivity contribution is -0.123. The summed E-state index contributed by atoms with van der Waals surface area (Å²) in [6.45, 7) is 0.214. The van der Waals surface area contributed by atoms with E-state index < -0.39 is 0 Å². The fourth-order valence-corrected chi connectivity index (χ4v) is 3.46. The summed E-state index contributed by atoms with van der Waals surface area (Å²) in [6, 6.07) is 12.5. The second-order valence-corrected chi connectivity index (χ2v) is 6.72. The van der Waals surface area contributed by atoms with E-state index in [1.165, 1.54) is 4.90 Å². The molecule has 0 radical (unpaired) electrons. The highest BCUT2D eigenvalue weighted by Gasteiger charge is 2.35. The lowest BCUT2D eigenvalue weighted by Gasteiger charge is -2.12. The molecule has 0 N–H and O–H groups in total. The largest absolute Gasteiger partial charge is 0.497 e. The molecule has 27 heavy (non-hydrogen) atoms. The van der Waals surface area contributed by atoms with E-state index in [-0.39, 0.29) is 17.7 Å². The van der Waals surface area contributed by atoms with E-state index >= 15 is 0 Å². The Hall–Kier alpha value is -2.93. The zero-order chi connectivity index (χ0) is 19.4. The summed E-state index contributed by atoms with van der Waals surface area (Å²) < 4.78 is 15.6. The fraction of sp³-hybridized carbons (Fsp3) is 0.200. The van der Waals surface area contributed by atoms with Crippen LogP contribution in [0.5, 0.6) is 17.2 Å². The van der Waals surface area contributed by atoms with Gasteiger partial charge >= 0.3 is 0 Å². The topological polar surface area (TPSA) is 65.1 Å². The Labute approximate surface area is 161 Å². The standard InChI is InChI=1S/C20H19NO5S/c1-24-15-7-4-13(5-8-15)12-21-19(22)18(27-20(21)23)10-14-6-9-16(25-2)11-17(14)26-3/h4-11H,12H2,1-3H3. The van der Waals surface area contributed by atoms with Crippen molar-refractivity contribution in [1.82, 2.24) is 4.90 Å². The third-order valence-electron chi connectivity index (χ3n) is 4.10. The molecular formula is C20H19NO5S. The van der Waals surface area contributed by atoms with E-state index in [2.05, 4.69) is 0 Å². The number of amides is 2. The Kier molecular flexibility index (Phi) is 5.71. The van der Waals surface area contributed by atoms with Crippen molar-refractivity contribution in [3.63, 3.8) is 0 Å². The van der Waals surface area contributed by atoms with E-state index in [4.69, 9.17) is 14.2 Å². The Morgan fingerprint density at radius 3 is 2.22 bits per heavy atom. The van der Waals surface area contributed by atoms with Crippen molar-refractivity contribution in [2.24, 2.45) is 0 Å². The minimum absolute atomic E-state index is 0.214. The van der Waals surface area contributed by atoms with Crippen LogP contribution < -0.4 is 14.2 Å². The number of thioether (sulfide) groups is 1. The maximum atomic E-state index is 12.7. The highest BCUT2D eigenvalue weighted by Crippen LogP contribution is 2.35. The second kappa shape index (κ2) is 8.18. The average Bonchev–Trinajstić information content (AvgIpc) is 2.96. The molecule has 0 spiro atoms. The number of hydrogen-bond acceptors (Lipinski definition) is 6. The number of ether oxygens (including phenoxy) is 3. The quantitative estimate of drug-likeness (QED) is 0.702. The molecule has 1 aliphatic heterocycles. The molecule has 2 aromatic rings. The van der Waals surface area contributed by atoms with Gasteiger partial charge in [0.15, 0.2) is 0 Å². The van der Waals surface area contributed by atoms with Crippen LogP contribution in [0.15, 0.2) is 47.4 Å². The minimum atomic E-state index is -0.321. The summed E-state index contributed by atoms with van der Waals surface area (Å²) in [4.78, 5) is 26.6. The maximum Gasteiger partial charge on any atom is 0.293 e. The predicted octanol–water partition coefficient (Wildman–Crippen LogP) is 3.95. The normalized spacial score (nSPS) is 15.4. The van der Waals surface area contributed by atoms with Crippen LogP contribution in [0.25, 0.3) is 6.08 Å². The number of carbonyl (C=O) groups excluding carboxylic acids is 2. The lowest BCUT2D eigenvalue weighted by Crippen LogP contribution is -2.27. The molecule has 1 fully saturated rings. The molecule has 2 amide bonds. The van der Waals surface area contributed by atoms with Crippen molar-refractivity contribution in [1.29, 1.82) is 0 Å². The summed E-state index contributed by atoms with van der Waals surface area (Å²) in [5.41, 5.74) is 1.55. The number of imide groups is 1. The van der Waals surface area contributed by atoms with E-state index in [0.717, 1.165) is 23.1 Å². The van der Waals surface area contributed by atoms with E-state index in [9.17, 15) is 9.59 Å². The monoisotopic (exact) mass is 385 g/mol. The van der Waals surface area contributed by atoms with Gasteiger partial charge in [0.05, 0.1) is 32.8 Å². The first kappa shape index (κ1) is 18.8. The van der Waals surface area contributed by atoms with Gasteiger partial charge in [0, 0.05) is 11.6 Å². The highest BCUT2D eigenvalue weighted by atomic mass is 32.2. The molecule has 0 atom stereocenters. The molecular weight excluding hydrogens is 366 g/mol. The van der Waals surface area contributed by atoms with Crippen LogP contribution in [0, 0.1) is 0 Å². The third-order valence-corrected chi connectivity index (χ3v) is 5.01. The number of carbonyl (C=O) groups is 2. The fourth-order valence-electron chi connectivity index (χ4n) is 2.63. The van der Waals surface area contributed by atoms with Gasteiger partial charge in [0.25, 0.3) is 11.1 Å². The van der Waals surface area contributed by atoms with E-state index in [0.29, 0.717) is 22.0 Å². The molecule has 1 saturated heterocycles. The molecule has 1 aliphatic rings. The zero-order valence-corrected chi connectivity index (χ0v) is 16.0. The average molecular weight is 385 g/mol. The Bertz CT molecular complexity index is 892. The van der Waals surface area contributed by atoms with Crippen molar-refractivity contribution in [3.8, 4) is 17.2 Å². The number of nitrogens with zero attached hydrogens (tertiary/aromatic N) is 1. The molecule has 0 saturated carbocycles. The molecule has 6 nitrogen and oxygen atoms in total. The van der Waals surface area contributed by atoms with Gasteiger partial charge in [-0.05, 0) is 47.7 Å². The molecule has 1 heterocycles. The molecule has 0 aromatic heterocycles. The Balaban J connectivity index is 1.82. The summed E-state index contributed by atoms with van der Waals surface area (Å²) in [7, 11) is 4.70. The van der Waals surface area contributed by atoms with Gasteiger partial charge in [0.1, 0.15) is 17.2 Å². The zero-order valence-electron chi connectivity index (χ0n) is 15.2. The van der Waals surface area contributed by atoms with Crippen LogP contribution in [0.4, 0.5) is 4.79 Å². The predicted molar refractivity (Wildman–Crippen MR) is 104 cm³/mol.